The first kappa shape index (κ1) is 22.0. The van der Waals surface area contributed by atoms with E-state index >= 15 is 0 Å². The van der Waals surface area contributed by atoms with Gasteiger partial charge in [-0.15, -0.1) is 0 Å². The lowest BCUT2D eigenvalue weighted by Gasteiger charge is -2.16. The van der Waals surface area contributed by atoms with Gasteiger partial charge in [-0.2, -0.15) is 13.2 Å². The third-order valence-electron chi connectivity index (χ3n) is 4.51. The van der Waals surface area contributed by atoms with E-state index in [1.165, 1.54) is 24.3 Å². The van der Waals surface area contributed by atoms with Gasteiger partial charge in [0.05, 0.1) is 25.0 Å². The number of fused-ring (bicyclic) bond motifs is 1. The molecule has 0 aliphatic carbocycles. The van der Waals surface area contributed by atoms with Gasteiger partial charge in [0, 0.05) is 5.02 Å². The van der Waals surface area contributed by atoms with Crippen LogP contribution in [0.3, 0.4) is 0 Å². The molecule has 2 N–H and O–H groups in total. The predicted molar refractivity (Wildman–Crippen MR) is 107 cm³/mol. The van der Waals surface area contributed by atoms with Crippen LogP contribution in [-0.2, 0) is 12.7 Å². The van der Waals surface area contributed by atoms with Crippen molar-refractivity contribution >= 4 is 22.6 Å². The van der Waals surface area contributed by atoms with Gasteiger partial charge in [-0.05, 0) is 49.2 Å². The summed E-state index contributed by atoms with van der Waals surface area (Å²) in [4.78, 5) is 13.8. The Kier molecular flexibility index (Phi) is 5.75. The topological polar surface area (TPSA) is 64.1 Å². The molecule has 0 atom stereocenters. The van der Waals surface area contributed by atoms with E-state index in [2.05, 4.69) is 0 Å². The van der Waals surface area contributed by atoms with E-state index in [9.17, 15) is 23.1 Å². The first-order chi connectivity index (χ1) is 13.9. The van der Waals surface area contributed by atoms with Gasteiger partial charge in [-0.25, -0.2) is 0 Å². The Balaban J connectivity index is 2.30. The lowest BCUT2D eigenvalue weighted by Crippen LogP contribution is -3.04. The molecular formula is C21H20ClF3NO4+. The Morgan fingerprint density at radius 3 is 2.30 bits per heavy atom. The molecule has 0 bridgehead atoms. The Labute approximate surface area is 175 Å². The van der Waals surface area contributed by atoms with Crippen LogP contribution in [0.4, 0.5) is 13.2 Å². The Morgan fingerprint density at radius 2 is 1.77 bits per heavy atom. The van der Waals surface area contributed by atoms with E-state index < -0.39 is 23.1 Å². The van der Waals surface area contributed by atoms with Crippen LogP contribution >= 0.6 is 11.6 Å². The van der Waals surface area contributed by atoms with Crippen LogP contribution < -0.4 is 15.1 Å². The molecule has 0 saturated heterocycles. The fourth-order valence-corrected chi connectivity index (χ4v) is 3.28. The second-order valence-corrected chi connectivity index (χ2v) is 7.76. The number of alkyl halides is 3. The van der Waals surface area contributed by atoms with Crippen molar-refractivity contribution < 1.29 is 32.3 Å². The number of rotatable bonds is 4. The monoisotopic (exact) mass is 442 g/mol. The minimum atomic E-state index is -4.99. The van der Waals surface area contributed by atoms with Gasteiger partial charge in [0.15, 0.2) is 5.58 Å². The first-order valence-corrected chi connectivity index (χ1v) is 9.40. The van der Waals surface area contributed by atoms with Gasteiger partial charge in [0.2, 0.25) is 11.2 Å². The molecule has 9 heteroatoms. The van der Waals surface area contributed by atoms with Gasteiger partial charge in [-0.1, -0.05) is 11.6 Å². The summed E-state index contributed by atoms with van der Waals surface area (Å²) in [5, 5.41) is 10.5. The number of aryl methyl sites for hydroxylation is 2. The molecule has 5 nitrogen and oxygen atoms in total. The molecule has 0 saturated carbocycles. The summed E-state index contributed by atoms with van der Waals surface area (Å²) >= 11 is 6.10. The second-order valence-electron chi connectivity index (χ2n) is 7.38. The fourth-order valence-electron chi connectivity index (χ4n) is 3.17. The van der Waals surface area contributed by atoms with E-state index in [4.69, 9.17) is 20.8 Å². The SMILES string of the molecule is Cc1cc(Oc2c(C(F)(F)F)oc3c(C[NH+](C)C)c(O)ccc3c2=O)cc(C)c1Cl. The normalized spacial score (nSPS) is 12.0. The second kappa shape index (κ2) is 7.85. The van der Waals surface area contributed by atoms with Gasteiger partial charge < -0.3 is 19.2 Å². The van der Waals surface area contributed by atoms with E-state index in [0.29, 0.717) is 16.1 Å². The number of ether oxygens (including phenoxy) is 1. The fraction of sp³-hybridized carbons (Fsp3) is 0.286. The van der Waals surface area contributed by atoms with Crippen LogP contribution in [0.2, 0.25) is 5.02 Å². The number of quaternary nitrogens is 1. The molecule has 0 radical (unpaired) electrons. The maximum absolute atomic E-state index is 13.8. The molecule has 1 heterocycles. The lowest BCUT2D eigenvalue weighted by atomic mass is 10.1. The van der Waals surface area contributed by atoms with Crippen molar-refractivity contribution in [3.8, 4) is 17.2 Å². The summed E-state index contributed by atoms with van der Waals surface area (Å²) in [7, 11) is 3.51. The zero-order valence-corrected chi connectivity index (χ0v) is 17.5. The van der Waals surface area contributed by atoms with Crippen LogP contribution in [0.1, 0.15) is 22.5 Å². The van der Waals surface area contributed by atoms with Gasteiger partial charge >= 0.3 is 6.18 Å². The Hall–Kier alpha value is -2.71. The summed E-state index contributed by atoms with van der Waals surface area (Å²) in [6, 6.07) is 5.36. The van der Waals surface area contributed by atoms with Crippen LogP contribution in [0, 0.1) is 13.8 Å². The summed E-state index contributed by atoms with van der Waals surface area (Å²) in [5.74, 6) is -2.75. The summed E-state index contributed by atoms with van der Waals surface area (Å²) in [6.45, 7) is 3.50. The summed E-state index contributed by atoms with van der Waals surface area (Å²) in [5.41, 5.74) is -0.00820. The summed E-state index contributed by atoms with van der Waals surface area (Å²) in [6.07, 6.45) is -4.99. The number of phenolic OH excluding ortho intramolecular Hbond substituents is 1. The number of phenols is 1. The maximum Gasteiger partial charge on any atom is 0.453 e. The van der Waals surface area contributed by atoms with Crippen molar-refractivity contribution in [1.29, 1.82) is 0 Å². The minimum absolute atomic E-state index is 0.0308. The van der Waals surface area contributed by atoms with Crippen molar-refractivity contribution in [3.63, 3.8) is 0 Å². The minimum Gasteiger partial charge on any atom is -0.507 e. The van der Waals surface area contributed by atoms with Crippen LogP contribution in [-0.4, -0.2) is 19.2 Å². The van der Waals surface area contributed by atoms with Crippen LogP contribution in [0.15, 0.2) is 33.5 Å². The Morgan fingerprint density at radius 1 is 1.17 bits per heavy atom. The largest absolute Gasteiger partial charge is 0.507 e. The number of halogens is 4. The molecule has 0 aliphatic heterocycles. The standard InChI is InChI=1S/C21H19ClF3NO4/c1-10-7-12(8-11(2)16(10)22)29-19-17(28)13-5-6-15(27)14(9-26(3)4)18(13)30-20(19)21(23,24)25/h5-8,27H,9H2,1-4H3/p+1. The highest BCUT2D eigenvalue weighted by Crippen LogP contribution is 2.40. The Bertz CT molecular complexity index is 1160. The van der Waals surface area contributed by atoms with Crippen LogP contribution in [0.25, 0.3) is 11.0 Å². The molecule has 0 fully saturated rings. The summed E-state index contributed by atoms with van der Waals surface area (Å²) < 4.78 is 51.9. The molecular weight excluding hydrogens is 423 g/mol. The molecule has 0 unspecified atom stereocenters. The van der Waals surface area contributed by atoms with E-state index in [1.807, 2.05) is 0 Å². The molecule has 160 valence electrons. The maximum atomic E-state index is 13.8. The molecule has 1 aromatic heterocycles. The molecule has 0 amide bonds. The zero-order valence-electron chi connectivity index (χ0n) is 16.7. The number of nitrogens with one attached hydrogen (secondary N) is 1. The molecule has 0 spiro atoms. The van der Waals surface area contributed by atoms with E-state index in [0.717, 1.165) is 4.90 Å². The molecule has 0 aliphatic rings. The smallest absolute Gasteiger partial charge is 0.453 e. The molecule has 2 aromatic carbocycles. The van der Waals surface area contributed by atoms with Gasteiger partial charge in [-0.3, -0.25) is 4.79 Å². The first-order valence-electron chi connectivity index (χ1n) is 9.02. The number of hydrogen-bond acceptors (Lipinski definition) is 4. The van der Waals surface area contributed by atoms with Crippen LogP contribution in [0.5, 0.6) is 17.2 Å². The number of aromatic hydroxyl groups is 1. The average Bonchev–Trinajstić information content (AvgIpc) is 2.62. The van der Waals surface area contributed by atoms with E-state index in [-0.39, 0.29) is 34.6 Å². The van der Waals surface area contributed by atoms with Gasteiger partial charge in [0.25, 0.3) is 5.76 Å². The quantitative estimate of drug-likeness (QED) is 0.635. The van der Waals surface area contributed by atoms with Crippen molar-refractivity contribution in [2.24, 2.45) is 0 Å². The highest BCUT2D eigenvalue weighted by Gasteiger charge is 2.41. The van der Waals surface area contributed by atoms with Crippen molar-refractivity contribution in [1.82, 2.24) is 0 Å². The molecule has 3 rings (SSSR count). The highest BCUT2D eigenvalue weighted by molar-refractivity contribution is 6.32. The zero-order chi connectivity index (χ0) is 22.4. The number of benzene rings is 2. The highest BCUT2D eigenvalue weighted by atomic mass is 35.5. The molecule has 30 heavy (non-hydrogen) atoms. The number of hydrogen-bond donors (Lipinski definition) is 2. The third kappa shape index (κ3) is 4.11. The lowest BCUT2D eigenvalue weighted by molar-refractivity contribution is -0.872. The van der Waals surface area contributed by atoms with Crippen molar-refractivity contribution in [2.75, 3.05) is 14.1 Å². The third-order valence-corrected chi connectivity index (χ3v) is 5.11. The van der Waals surface area contributed by atoms with E-state index in [1.54, 1.807) is 27.9 Å². The average molecular weight is 443 g/mol. The predicted octanol–water partition coefficient (Wildman–Crippen LogP) is 4.22. The van der Waals surface area contributed by atoms with Gasteiger partial charge in [0.1, 0.15) is 18.0 Å². The van der Waals surface area contributed by atoms with Crippen molar-refractivity contribution in [3.05, 3.63) is 62.0 Å². The van der Waals surface area contributed by atoms with Crippen molar-refractivity contribution in [2.45, 2.75) is 26.6 Å². The molecule has 3 aromatic rings.